The van der Waals surface area contributed by atoms with E-state index in [0.717, 1.165) is 29.2 Å². The minimum absolute atomic E-state index is 0.0564. The van der Waals surface area contributed by atoms with Crippen LogP contribution < -0.4 is 10.2 Å². The fraction of sp³-hybridized carbons (Fsp3) is 0. The zero-order valence-corrected chi connectivity index (χ0v) is 10.7. The Morgan fingerprint density at radius 2 is 1.81 bits per heavy atom. The van der Waals surface area contributed by atoms with Crippen LogP contribution >= 0.6 is 0 Å². The van der Waals surface area contributed by atoms with Gasteiger partial charge in [-0.25, -0.2) is 9.69 Å². The van der Waals surface area contributed by atoms with Crippen LogP contribution in [0.4, 0.5) is 11.4 Å². The van der Waals surface area contributed by atoms with Crippen molar-refractivity contribution in [3.8, 4) is 0 Å². The molecule has 21 heavy (non-hydrogen) atoms. The highest BCUT2D eigenvalue weighted by molar-refractivity contribution is 6.29. The Balaban J connectivity index is 2.45. The van der Waals surface area contributed by atoms with Crippen molar-refractivity contribution in [3.05, 3.63) is 48.6 Å². The van der Waals surface area contributed by atoms with Gasteiger partial charge in [0.25, 0.3) is 11.8 Å². The van der Waals surface area contributed by atoms with E-state index in [2.05, 4.69) is 11.9 Å². The predicted octanol–water partition coefficient (Wildman–Crippen LogP) is 0.939. The SMILES string of the molecule is C=CC(=O)Nc1ccc(N2C(=O)C=CC2=O)c(C(=O)O)c1. The van der Waals surface area contributed by atoms with Gasteiger partial charge in [0.1, 0.15) is 0 Å². The number of hydrogen-bond acceptors (Lipinski definition) is 4. The van der Waals surface area contributed by atoms with Crippen LogP contribution in [0.3, 0.4) is 0 Å². The largest absolute Gasteiger partial charge is 0.478 e. The van der Waals surface area contributed by atoms with Crippen LogP contribution in [0.25, 0.3) is 0 Å². The fourth-order valence-electron chi connectivity index (χ4n) is 1.81. The predicted molar refractivity (Wildman–Crippen MR) is 73.9 cm³/mol. The van der Waals surface area contributed by atoms with Gasteiger partial charge in [0, 0.05) is 17.8 Å². The van der Waals surface area contributed by atoms with E-state index in [0.29, 0.717) is 0 Å². The zero-order chi connectivity index (χ0) is 15.6. The number of anilines is 2. The fourth-order valence-corrected chi connectivity index (χ4v) is 1.81. The highest BCUT2D eigenvalue weighted by atomic mass is 16.4. The van der Waals surface area contributed by atoms with E-state index in [1.165, 1.54) is 12.1 Å². The molecular weight excluding hydrogens is 276 g/mol. The van der Waals surface area contributed by atoms with E-state index < -0.39 is 23.7 Å². The number of carboxylic acids is 1. The summed E-state index contributed by atoms with van der Waals surface area (Å²) in [6.07, 6.45) is 3.15. The number of carboxylic acid groups (broad SMARTS) is 1. The average Bonchev–Trinajstić information content (AvgIpc) is 2.78. The highest BCUT2D eigenvalue weighted by Crippen LogP contribution is 2.27. The number of carbonyl (C=O) groups is 4. The van der Waals surface area contributed by atoms with E-state index in [1.807, 2.05) is 0 Å². The van der Waals surface area contributed by atoms with Gasteiger partial charge in [0.2, 0.25) is 5.91 Å². The Morgan fingerprint density at radius 1 is 1.19 bits per heavy atom. The first-order valence-corrected chi connectivity index (χ1v) is 5.81. The van der Waals surface area contributed by atoms with E-state index in [4.69, 9.17) is 0 Å². The summed E-state index contributed by atoms with van der Waals surface area (Å²) < 4.78 is 0. The normalized spacial score (nSPS) is 13.4. The topological polar surface area (TPSA) is 104 Å². The lowest BCUT2D eigenvalue weighted by molar-refractivity contribution is -0.120. The number of rotatable bonds is 4. The highest BCUT2D eigenvalue weighted by Gasteiger charge is 2.29. The molecule has 1 aromatic carbocycles. The second-order valence-corrected chi connectivity index (χ2v) is 4.08. The number of benzene rings is 1. The minimum Gasteiger partial charge on any atom is -0.478 e. The van der Waals surface area contributed by atoms with Gasteiger partial charge >= 0.3 is 5.97 Å². The molecule has 0 radical (unpaired) electrons. The summed E-state index contributed by atoms with van der Waals surface area (Å²) in [5, 5.41) is 11.6. The Kier molecular flexibility index (Phi) is 3.66. The van der Waals surface area contributed by atoms with Gasteiger partial charge in [-0.05, 0) is 24.3 Å². The summed E-state index contributed by atoms with van der Waals surface area (Å²) >= 11 is 0. The average molecular weight is 286 g/mol. The molecule has 7 nitrogen and oxygen atoms in total. The molecule has 0 saturated carbocycles. The molecule has 2 N–H and O–H groups in total. The molecule has 1 aliphatic rings. The van der Waals surface area contributed by atoms with Gasteiger partial charge < -0.3 is 10.4 Å². The monoisotopic (exact) mass is 286 g/mol. The molecule has 0 atom stereocenters. The van der Waals surface area contributed by atoms with Crippen LogP contribution in [0, 0.1) is 0 Å². The lowest BCUT2D eigenvalue weighted by Gasteiger charge is -2.17. The van der Waals surface area contributed by atoms with E-state index in [1.54, 1.807) is 0 Å². The Labute approximate surface area is 119 Å². The summed E-state index contributed by atoms with van der Waals surface area (Å²) in [7, 11) is 0. The molecular formula is C14H10N2O5. The Hall–Kier alpha value is -3.22. The number of aromatic carboxylic acids is 1. The molecule has 0 saturated heterocycles. The molecule has 0 spiro atoms. The number of nitrogens with one attached hydrogen (secondary N) is 1. The maximum atomic E-state index is 11.6. The first-order valence-electron chi connectivity index (χ1n) is 5.81. The summed E-state index contributed by atoms with van der Waals surface area (Å²) in [5.41, 5.74) is -0.116. The lowest BCUT2D eigenvalue weighted by Crippen LogP contribution is -2.31. The van der Waals surface area contributed by atoms with Crippen molar-refractivity contribution in [1.29, 1.82) is 0 Å². The van der Waals surface area contributed by atoms with E-state index in [-0.39, 0.29) is 16.9 Å². The standard InChI is InChI=1S/C14H10N2O5/c1-2-11(17)15-8-3-4-10(9(7-8)14(20)21)16-12(18)5-6-13(16)19/h2-7H,1H2,(H,15,17)(H,20,21). The number of amides is 3. The van der Waals surface area contributed by atoms with Gasteiger partial charge in [-0.2, -0.15) is 0 Å². The van der Waals surface area contributed by atoms with Crippen LogP contribution in [-0.4, -0.2) is 28.8 Å². The third-order valence-corrected chi connectivity index (χ3v) is 2.73. The summed E-state index contributed by atoms with van der Waals surface area (Å²) in [5.74, 6) is -3.07. The minimum atomic E-state index is -1.33. The van der Waals surface area contributed by atoms with Gasteiger partial charge in [-0.1, -0.05) is 6.58 Å². The summed E-state index contributed by atoms with van der Waals surface area (Å²) in [4.78, 5) is 46.5. The molecule has 0 fully saturated rings. The molecule has 106 valence electrons. The Morgan fingerprint density at radius 3 is 2.33 bits per heavy atom. The molecule has 3 amide bonds. The van der Waals surface area contributed by atoms with Gasteiger partial charge in [0.05, 0.1) is 11.3 Å². The zero-order valence-electron chi connectivity index (χ0n) is 10.7. The lowest BCUT2D eigenvalue weighted by atomic mass is 10.1. The van der Waals surface area contributed by atoms with Crippen molar-refractivity contribution in [2.24, 2.45) is 0 Å². The molecule has 1 heterocycles. The van der Waals surface area contributed by atoms with Crippen LogP contribution in [0.15, 0.2) is 43.0 Å². The molecule has 2 rings (SSSR count). The van der Waals surface area contributed by atoms with Crippen molar-refractivity contribution in [1.82, 2.24) is 0 Å². The number of nitrogens with zero attached hydrogens (tertiary/aromatic N) is 1. The molecule has 0 aromatic heterocycles. The first-order chi connectivity index (χ1) is 9.93. The van der Waals surface area contributed by atoms with Crippen molar-refractivity contribution >= 4 is 35.1 Å². The van der Waals surface area contributed by atoms with Crippen LogP contribution in [-0.2, 0) is 14.4 Å². The molecule has 0 bridgehead atoms. The summed E-state index contributed by atoms with van der Waals surface area (Å²) in [6.45, 7) is 3.28. The Bertz CT molecular complexity index is 687. The maximum Gasteiger partial charge on any atom is 0.337 e. The quantitative estimate of drug-likeness (QED) is 0.633. The molecule has 0 unspecified atom stereocenters. The van der Waals surface area contributed by atoms with Crippen molar-refractivity contribution in [3.63, 3.8) is 0 Å². The third kappa shape index (κ3) is 2.71. The second-order valence-electron chi connectivity index (χ2n) is 4.08. The first kappa shape index (κ1) is 14.2. The molecule has 1 aromatic rings. The van der Waals surface area contributed by atoms with E-state index in [9.17, 15) is 24.3 Å². The van der Waals surface area contributed by atoms with Gasteiger partial charge in [-0.3, -0.25) is 14.4 Å². The number of imide groups is 1. The summed E-state index contributed by atoms with van der Waals surface area (Å²) in [6, 6.07) is 3.84. The van der Waals surface area contributed by atoms with E-state index >= 15 is 0 Å². The van der Waals surface area contributed by atoms with Crippen molar-refractivity contribution in [2.75, 3.05) is 10.2 Å². The van der Waals surface area contributed by atoms with Crippen LogP contribution in [0.5, 0.6) is 0 Å². The smallest absolute Gasteiger partial charge is 0.337 e. The van der Waals surface area contributed by atoms with Crippen molar-refractivity contribution in [2.45, 2.75) is 0 Å². The number of hydrogen-bond donors (Lipinski definition) is 2. The van der Waals surface area contributed by atoms with Crippen LogP contribution in [0.1, 0.15) is 10.4 Å². The molecule has 0 aliphatic carbocycles. The maximum absolute atomic E-state index is 11.6. The third-order valence-electron chi connectivity index (χ3n) is 2.73. The second kappa shape index (κ2) is 5.41. The molecule has 1 aliphatic heterocycles. The van der Waals surface area contributed by atoms with Gasteiger partial charge in [-0.15, -0.1) is 0 Å². The molecule has 7 heteroatoms. The number of carbonyl (C=O) groups excluding carboxylic acids is 3. The van der Waals surface area contributed by atoms with Crippen molar-refractivity contribution < 1.29 is 24.3 Å². The van der Waals surface area contributed by atoms with Gasteiger partial charge in [0.15, 0.2) is 0 Å². The van der Waals surface area contributed by atoms with Crippen LogP contribution in [0.2, 0.25) is 0 Å².